The summed E-state index contributed by atoms with van der Waals surface area (Å²) in [6, 6.07) is 3.65. The van der Waals surface area contributed by atoms with Gasteiger partial charge in [-0.25, -0.2) is 0 Å². The minimum Gasteiger partial charge on any atom is -0.506 e. The molecule has 0 fully saturated rings. The molecule has 2 nitrogen and oxygen atoms in total. The molecule has 0 radical (unpaired) electrons. The molecule has 0 saturated heterocycles. The van der Waals surface area contributed by atoms with Crippen LogP contribution in [-0.2, 0) is 0 Å². The van der Waals surface area contributed by atoms with Crippen LogP contribution in [0.25, 0.3) is 0 Å². The number of phenols is 1. The van der Waals surface area contributed by atoms with Gasteiger partial charge in [-0.15, -0.1) is 19.0 Å². The molecular weight excluding hydrogens is 357 g/mol. The van der Waals surface area contributed by atoms with Crippen molar-refractivity contribution in [2.75, 3.05) is 0 Å². The van der Waals surface area contributed by atoms with Crippen LogP contribution < -0.4 is 5.73 Å². The molecule has 0 amide bonds. The lowest BCUT2D eigenvalue weighted by molar-refractivity contribution is 0.467. The van der Waals surface area contributed by atoms with Gasteiger partial charge in [-0.3, -0.25) is 0 Å². The van der Waals surface area contributed by atoms with Crippen LogP contribution in [-0.4, -0.2) is 5.11 Å². The van der Waals surface area contributed by atoms with E-state index in [2.05, 4.69) is 38.4 Å². The number of halogens is 3. The summed E-state index contributed by atoms with van der Waals surface area (Å²) in [6.45, 7) is 3.66. The van der Waals surface area contributed by atoms with Crippen LogP contribution in [0.4, 0.5) is 0 Å². The molecule has 0 bridgehead atoms. The van der Waals surface area contributed by atoms with Gasteiger partial charge in [0, 0.05) is 6.04 Å². The number of aromatic hydroxyl groups is 1. The zero-order valence-electron chi connectivity index (χ0n) is 8.62. The first kappa shape index (κ1) is 16.0. The van der Waals surface area contributed by atoms with Crippen molar-refractivity contribution in [2.24, 2.45) is 5.73 Å². The maximum atomic E-state index is 9.54. The van der Waals surface area contributed by atoms with Crippen molar-refractivity contribution in [1.82, 2.24) is 0 Å². The normalized spacial score (nSPS) is 11.7. The third-order valence-electron chi connectivity index (χ3n) is 2.15. The van der Waals surface area contributed by atoms with Crippen LogP contribution in [0.15, 0.2) is 33.7 Å². The summed E-state index contributed by atoms with van der Waals surface area (Å²) < 4.78 is 1.31. The molecule has 1 rings (SSSR count). The number of allylic oxidation sites excluding steroid dienone is 1. The largest absolute Gasteiger partial charge is 0.506 e. The molecule has 0 aliphatic heterocycles. The van der Waals surface area contributed by atoms with Crippen molar-refractivity contribution in [2.45, 2.75) is 18.9 Å². The minimum absolute atomic E-state index is 0. The first-order chi connectivity index (χ1) is 7.06. The van der Waals surface area contributed by atoms with Gasteiger partial charge in [0.2, 0.25) is 0 Å². The highest BCUT2D eigenvalue weighted by Crippen LogP contribution is 2.35. The van der Waals surface area contributed by atoms with E-state index in [0.717, 1.165) is 18.4 Å². The highest BCUT2D eigenvalue weighted by atomic mass is 79.9. The van der Waals surface area contributed by atoms with Crippen LogP contribution >= 0.6 is 44.3 Å². The molecule has 0 spiro atoms. The third kappa shape index (κ3) is 4.09. The molecule has 1 aromatic carbocycles. The maximum absolute atomic E-state index is 9.54. The number of phenolic OH excluding ortho intramolecular Hbond substituents is 1. The van der Waals surface area contributed by atoms with Crippen molar-refractivity contribution in [3.8, 4) is 5.75 Å². The number of nitrogens with two attached hydrogens (primary N) is 1. The Morgan fingerprint density at radius 1 is 1.38 bits per heavy atom. The van der Waals surface area contributed by atoms with E-state index in [0.29, 0.717) is 8.95 Å². The highest BCUT2D eigenvalue weighted by molar-refractivity contribution is 9.11. The second-order valence-electron chi connectivity index (χ2n) is 3.31. The first-order valence-electron chi connectivity index (χ1n) is 4.60. The predicted octanol–water partition coefficient (Wildman–Crippen LogP) is 4.31. The fraction of sp³-hybridized carbons (Fsp3) is 0.273. The van der Waals surface area contributed by atoms with Crippen molar-refractivity contribution in [3.05, 3.63) is 39.3 Å². The van der Waals surface area contributed by atoms with Gasteiger partial charge in [-0.2, -0.15) is 0 Å². The Morgan fingerprint density at radius 3 is 2.31 bits per heavy atom. The summed E-state index contributed by atoms with van der Waals surface area (Å²) in [5.74, 6) is 0.203. The third-order valence-corrected chi connectivity index (χ3v) is 3.36. The van der Waals surface area contributed by atoms with Gasteiger partial charge in [-0.1, -0.05) is 6.08 Å². The summed E-state index contributed by atoms with van der Waals surface area (Å²) in [7, 11) is 0. The van der Waals surface area contributed by atoms with Crippen molar-refractivity contribution >= 4 is 44.3 Å². The topological polar surface area (TPSA) is 46.2 Å². The summed E-state index contributed by atoms with van der Waals surface area (Å²) in [5.41, 5.74) is 6.99. The lowest BCUT2D eigenvalue weighted by atomic mass is 10.0. The molecule has 3 N–H and O–H groups in total. The van der Waals surface area contributed by atoms with Crippen molar-refractivity contribution in [3.63, 3.8) is 0 Å². The van der Waals surface area contributed by atoms with Gasteiger partial charge in [0.25, 0.3) is 0 Å². The second-order valence-corrected chi connectivity index (χ2v) is 5.01. The quantitative estimate of drug-likeness (QED) is 0.775. The van der Waals surface area contributed by atoms with Gasteiger partial charge in [0.1, 0.15) is 5.75 Å². The summed E-state index contributed by atoms with van der Waals surface area (Å²) in [6.07, 6.45) is 3.59. The monoisotopic (exact) mass is 369 g/mol. The Balaban J connectivity index is 0.00000225. The lowest BCUT2D eigenvalue weighted by Gasteiger charge is -2.12. The molecule has 0 saturated carbocycles. The Morgan fingerprint density at radius 2 is 1.88 bits per heavy atom. The average Bonchev–Trinajstić information content (AvgIpc) is 2.21. The Kier molecular flexibility index (Phi) is 7.31. The zero-order valence-corrected chi connectivity index (χ0v) is 12.6. The van der Waals surface area contributed by atoms with Crippen LogP contribution in [0.5, 0.6) is 5.75 Å². The van der Waals surface area contributed by atoms with Crippen LogP contribution in [0.1, 0.15) is 24.4 Å². The summed E-state index contributed by atoms with van der Waals surface area (Å²) in [4.78, 5) is 0. The summed E-state index contributed by atoms with van der Waals surface area (Å²) >= 11 is 6.56. The Bertz CT molecular complexity index is 348. The van der Waals surface area contributed by atoms with E-state index in [1.807, 2.05) is 18.2 Å². The summed E-state index contributed by atoms with van der Waals surface area (Å²) in [5, 5.41) is 9.54. The minimum atomic E-state index is -0.0313. The predicted molar refractivity (Wildman–Crippen MR) is 77.1 cm³/mol. The molecule has 1 atom stereocenters. The van der Waals surface area contributed by atoms with Crippen molar-refractivity contribution < 1.29 is 5.11 Å². The fourth-order valence-electron chi connectivity index (χ4n) is 1.26. The van der Waals surface area contributed by atoms with Crippen LogP contribution in [0, 0.1) is 0 Å². The molecule has 5 heteroatoms. The zero-order chi connectivity index (χ0) is 11.4. The average molecular weight is 371 g/mol. The maximum Gasteiger partial charge on any atom is 0.143 e. The molecule has 1 aromatic rings. The molecule has 0 aromatic heterocycles. The van der Waals surface area contributed by atoms with E-state index < -0.39 is 0 Å². The number of rotatable bonds is 4. The smallest absolute Gasteiger partial charge is 0.143 e. The Labute approximate surface area is 119 Å². The van der Waals surface area contributed by atoms with Crippen molar-refractivity contribution in [1.29, 1.82) is 0 Å². The van der Waals surface area contributed by atoms with Gasteiger partial charge < -0.3 is 10.8 Å². The Hall–Kier alpha value is -0.0300. The van der Waals surface area contributed by atoms with Gasteiger partial charge in [0.05, 0.1) is 8.95 Å². The van der Waals surface area contributed by atoms with Crippen LogP contribution in [0.3, 0.4) is 0 Å². The fourth-order valence-corrected chi connectivity index (χ4v) is 2.49. The van der Waals surface area contributed by atoms with Gasteiger partial charge >= 0.3 is 0 Å². The molecule has 0 aliphatic carbocycles. The molecule has 0 aliphatic rings. The lowest BCUT2D eigenvalue weighted by Crippen LogP contribution is -2.09. The number of hydrogen-bond donors (Lipinski definition) is 2. The molecule has 0 unspecified atom stereocenters. The van der Waals surface area contributed by atoms with E-state index in [-0.39, 0.29) is 24.2 Å². The standard InChI is InChI=1S/C11H13Br2NO.ClH/c1-2-3-4-10(14)7-5-8(12)11(15)9(13)6-7;/h2,5-6,10,15H,1,3-4,14H2;1H/t10-;/m0./s1. The van der Waals surface area contributed by atoms with E-state index >= 15 is 0 Å². The van der Waals surface area contributed by atoms with E-state index in [1.54, 1.807) is 0 Å². The van der Waals surface area contributed by atoms with Gasteiger partial charge in [-0.05, 0) is 62.4 Å². The SMILES string of the molecule is C=CCC[C@H](N)c1cc(Br)c(O)c(Br)c1.Cl. The first-order valence-corrected chi connectivity index (χ1v) is 6.19. The van der Waals surface area contributed by atoms with Gasteiger partial charge in [0.15, 0.2) is 0 Å². The van der Waals surface area contributed by atoms with E-state index in [4.69, 9.17) is 5.73 Å². The molecule has 16 heavy (non-hydrogen) atoms. The molecule has 90 valence electrons. The van der Waals surface area contributed by atoms with E-state index in [9.17, 15) is 5.11 Å². The highest BCUT2D eigenvalue weighted by Gasteiger charge is 2.10. The second kappa shape index (κ2) is 7.33. The van der Waals surface area contributed by atoms with E-state index in [1.165, 1.54) is 0 Å². The molecule has 0 heterocycles. The number of hydrogen-bond acceptors (Lipinski definition) is 2. The van der Waals surface area contributed by atoms with Crippen LogP contribution in [0.2, 0.25) is 0 Å². The molecular formula is C11H14Br2ClNO. The number of benzene rings is 1.